The molecule has 0 spiro atoms. The number of halogens is 1. The summed E-state index contributed by atoms with van der Waals surface area (Å²) in [6.45, 7) is 4.37. The van der Waals surface area contributed by atoms with Gasteiger partial charge in [-0.15, -0.1) is 0 Å². The molecule has 27 heavy (non-hydrogen) atoms. The molecule has 0 aliphatic carbocycles. The van der Waals surface area contributed by atoms with E-state index in [1.54, 1.807) is 11.0 Å². The summed E-state index contributed by atoms with van der Waals surface area (Å²) in [7, 11) is 1.95. The minimum absolute atomic E-state index is 0.0333. The smallest absolute Gasteiger partial charge is 0.238 e. The van der Waals surface area contributed by atoms with Crippen molar-refractivity contribution in [2.45, 2.75) is 19.9 Å². The Bertz CT molecular complexity index is 909. The number of aryl methyl sites for hydroxylation is 1. The normalized spacial score (nSPS) is 12.2. The first kappa shape index (κ1) is 19.3. The Morgan fingerprint density at radius 2 is 2.00 bits per heavy atom. The maximum absolute atomic E-state index is 12.4. The highest BCUT2D eigenvalue weighted by atomic mass is 79.9. The average molecular weight is 428 g/mol. The van der Waals surface area contributed by atoms with Crippen molar-refractivity contribution in [2.24, 2.45) is 0 Å². The van der Waals surface area contributed by atoms with Crippen molar-refractivity contribution in [3.05, 3.63) is 70.7 Å². The third-order valence-corrected chi connectivity index (χ3v) is 5.07. The summed E-state index contributed by atoms with van der Waals surface area (Å²) in [5.41, 5.74) is 3.95. The minimum atomic E-state index is -0.0333. The molecule has 6 nitrogen and oxygen atoms in total. The van der Waals surface area contributed by atoms with Crippen molar-refractivity contribution < 1.29 is 4.79 Å². The van der Waals surface area contributed by atoms with Crippen LogP contribution < -0.4 is 5.32 Å². The zero-order valence-electron chi connectivity index (χ0n) is 15.6. The van der Waals surface area contributed by atoms with Crippen molar-refractivity contribution in [2.75, 3.05) is 18.9 Å². The summed E-state index contributed by atoms with van der Waals surface area (Å²) in [6.07, 6.45) is 3.18. The lowest BCUT2D eigenvalue weighted by Crippen LogP contribution is -2.32. The Morgan fingerprint density at radius 3 is 2.63 bits per heavy atom. The van der Waals surface area contributed by atoms with Gasteiger partial charge in [0.25, 0.3) is 0 Å². The summed E-state index contributed by atoms with van der Waals surface area (Å²) < 4.78 is 2.71. The first-order valence-electron chi connectivity index (χ1n) is 8.65. The average Bonchev–Trinajstić information content (AvgIpc) is 3.18. The molecule has 0 saturated heterocycles. The topological polar surface area (TPSA) is 63.1 Å². The van der Waals surface area contributed by atoms with E-state index < -0.39 is 0 Å². The molecular weight excluding hydrogens is 406 g/mol. The highest BCUT2D eigenvalue weighted by molar-refractivity contribution is 9.10. The summed E-state index contributed by atoms with van der Waals surface area (Å²) in [5, 5.41) is 7.11. The van der Waals surface area contributed by atoms with Gasteiger partial charge in [-0.05, 0) is 62.4 Å². The van der Waals surface area contributed by atoms with Crippen molar-refractivity contribution in [3.8, 4) is 5.69 Å². The molecule has 140 valence electrons. The lowest BCUT2D eigenvalue weighted by molar-refractivity contribution is -0.117. The first-order valence-corrected chi connectivity index (χ1v) is 9.44. The fraction of sp³-hybridized carbons (Fsp3) is 0.250. The van der Waals surface area contributed by atoms with E-state index in [2.05, 4.69) is 50.4 Å². The van der Waals surface area contributed by atoms with Gasteiger partial charge in [-0.1, -0.05) is 28.1 Å². The van der Waals surface area contributed by atoms with E-state index >= 15 is 0 Å². The third kappa shape index (κ3) is 4.81. The van der Waals surface area contributed by atoms with E-state index in [1.807, 2.05) is 49.2 Å². The summed E-state index contributed by atoms with van der Waals surface area (Å²) in [4.78, 5) is 18.4. The molecule has 1 aromatic heterocycles. The van der Waals surface area contributed by atoms with E-state index in [0.29, 0.717) is 6.54 Å². The predicted molar refractivity (Wildman–Crippen MR) is 110 cm³/mol. The molecule has 1 unspecified atom stereocenters. The van der Waals surface area contributed by atoms with Crippen LogP contribution in [0.25, 0.3) is 5.69 Å². The first-order chi connectivity index (χ1) is 12.9. The van der Waals surface area contributed by atoms with Gasteiger partial charge in [0.1, 0.15) is 12.7 Å². The van der Waals surface area contributed by atoms with Crippen LogP contribution in [-0.2, 0) is 4.79 Å². The molecule has 0 bridgehead atoms. The minimum Gasteiger partial charge on any atom is -0.325 e. The van der Waals surface area contributed by atoms with E-state index in [1.165, 1.54) is 6.33 Å². The number of nitrogens with one attached hydrogen (secondary N) is 1. The fourth-order valence-corrected chi connectivity index (χ4v) is 3.30. The molecule has 0 saturated carbocycles. The second-order valence-corrected chi connectivity index (χ2v) is 7.45. The van der Waals surface area contributed by atoms with Gasteiger partial charge in [0.2, 0.25) is 5.91 Å². The van der Waals surface area contributed by atoms with Gasteiger partial charge >= 0.3 is 0 Å². The van der Waals surface area contributed by atoms with Gasteiger partial charge in [0.15, 0.2) is 0 Å². The Morgan fingerprint density at radius 1 is 1.26 bits per heavy atom. The number of carbonyl (C=O) groups is 1. The molecule has 3 aromatic rings. The highest BCUT2D eigenvalue weighted by Crippen LogP contribution is 2.22. The number of anilines is 1. The quantitative estimate of drug-likeness (QED) is 0.646. The maximum atomic E-state index is 12.4. The summed E-state index contributed by atoms with van der Waals surface area (Å²) >= 11 is 3.44. The molecule has 1 heterocycles. The molecule has 0 fully saturated rings. The molecular formula is C20H22BrN5O. The van der Waals surface area contributed by atoms with E-state index in [4.69, 9.17) is 0 Å². The van der Waals surface area contributed by atoms with Crippen molar-refractivity contribution in [1.29, 1.82) is 0 Å². The highest BCUT2D eigenvalue weighted by Gasteiger charge is 2.15. The van der Waals surface area contributed by atoms with Gasteiger partial charge in [0.05, 0.1) is 12.2 Å². The zero-order chi connectivity index (χ0) is 19.4. The molecule has 0 aliphatic rings. The zero-order valence-corrected chi connectivity index (χ0v) is 17.1. The van der Waals surface area contributed by atoms with Crippen LogP contribution in [-0.4, -0.2) is 39.2 Å². The van der Waals surface area contributed by atoms with Crippen LogP contribution in [0, 0.1) is 6.92 Å². The van der Waals surface area contributed by atoms with Gasteiger partial charge in [0, 0.05) is 16.2 Å². The molecule has 0 radical (unpaired) electrons. The van der Waals surface area contributed by atoms with Gasteiger partial charge in [-0.25, -0.2) is 9.67 Å². The molecule has 1 amide bonds. The Balaban J connectivity index is 1.61. The summed E-state index contributed by atoms with van der Waals surface area (Å²) in [5.74, 6) is -0.0333. The molecule has 2 aromatic carbocycles. The van der Waals surface area contributed by atoms with E-state index in [0.717, 1.165) is 27.0 Å². The molecule has 7 heteroatoms. The monoisotopic (exact) mass is 427 g/mol. The van der Waals surface area contributed by atoms with Crippen LogP contribution >= 0.6 is 15.9 Å². The number of benzene rings is 2. The van der Waals surface area contributed by atoms with Crippen LogP contribution in [0.3, 0.4) is 0 Å². The SMILES string of the molecule is Cc1cc(Br)ccc1NC(=O)CN(C)C(C)c1ccc(-n2cncn2)cc1. The number of rotatable bonds is 6. The standard InChI is InChI=1S/C20H22BrN5O/c1-14-10-17(21)6-9-19(14)24-20(27)11-25(3)15(2)16-4-7-18(8-5-16)26-13-22-12-23-26/h4-10,12-13,15H,11H2,1-3H3,(H,24,27). The molecule has 0 aliphatic heterocycles. The lowest BCUT2D eigenvalue weighted by atomic mass is 10.1. The van der Waals surface area contributed by atoms with Crippen molar-refractivity contribution >= 4 is 27.5 Å². The summed E-state index contributed by atoms with van der Waals surface area (Å²) in [6, 6.07) is 14.0. The fourth-order valence-electron chi connectivity index (χ4n) is 2.82. The molecule has 3 rings (SSSR count). The van der Waals surface area contributed by atoms with Crippen molar-refractivity contribution in [1.82, 2.24) is 19.7 Å². The number of likely N-dealkylation sites (N-methyl/N-ethyl adjacent to an activating group) is 1. The Hall–Kier alpha value is -2.51. The number of hydrogen-bond acceptors (Lipinski definition) is 4. The number of nitrogens with zero attached hydrogens (tertiary/aromatic N) is 4. The number of aromatic nitrogens is 3. The maximum Gasteiger partial charge on any atom is 0.238 e. The van der Waals surface area contributed by atoms with Crippen LogP contribution in [0.1, 0.15) is 24.1 Å². The second kappa shape index (κ2) is 8.45. The van der Waals surface area contributed by atoms with E-state index in [-0.39, 0.29) is 11.9 Å². The number of carbonyl (C=O) groups excluding carboxylic acids is 1. The van der Waals surface area contributed by atoms with Gasteiger partial charge in [-0.2, -0.15) is 5.10 Å². The lowest BCUT2D eigenvalue weighted by Gasteiger charge is -2.25. The number of amides is 1. The van der Waals surface area contributed by atoms with Gasteiger partial charge < -0.3 is 5.32 Å². The Kier molecular flexibility index (Phi) is 6.03. The third-order valence-electron chi connectivity index (χ3n) is 4.58. The molecule has 1 N–H and O–H groups in total. The second-order valence-electron chi connectivity index (χ2n) is 6.53. The van der Waals surface area contributed by atoms with Gasteiger partial charge in [-0.3, -0.25) is 9.69 Å². The van der Waals surface area contributed by atoms with Crippen LogP contribution in [0.5, 0.6) is 0 Å². The largest absolute Gasteiger partial charge is 0.325 e. The number of hydrogen-bond donors (Lipinski definition) is 1. The molecule has 1 atom stereocenters. The van der Waals surface area contributed by atoms with Crippen LogP contribution in [0.2, 0.25) is 0 Å². The van der Waals surface area contributed by atoms with Crippen LogP contribution in [0.15, 0.2) is 59.6 Å². The van der Waals surface area contributed by atoms with E-state index in [9.17, 15) is 4.79 Å². The predicted octanol–water partition coefficient (Wildman–Crippen LogP) is 3.97. The Labute approximate surface area is 167 Å². The van der Waals surface area contributed by atoms with Crippen LogP contribution in [0.4, 0.5) is 5.69 Å². The van der Waals surface area contributed by atoms with Crippen molar-refractivity contribution in [3.63, 3.8) is 0 Å².